The molecule has 0 aliphatic rings. The maximum absolute atomic E-state index is 12.2. The van der Waals surface area contributed by atoms with Gasteiger partial charge in [0, 0.05) is 12.1 Å². The summed E-state index contributed by atoms with van der Waals surface area (Å²) in [7, 11) is 4.75. The van der Waals surface area contributed by atoms with Gasteiger partial charge >= 0.3 is 0 Å². The maximum atomic E-state index is 12.2. The van der Waals surface area contributed by atoms with Crippen LogP contribution in [0.25, 0.3) is 16.3 Å². The Balaban J connectivity index is 1.76. The SMILES string of the molecule is COc1cc(/C=C/C(=O)Nc2nc3c(OC)cccc3s2)cc(OC)c1. The molecule has 0 spiro atoms. The predicted molar refractivity (Wildman–Crippen MR) is 103 cm³/mol. The van der Waals surface area contributed by atoms with Crippen molar-refractivity contribution in [3.8, 4) is 17.2 Å². The van der Waals surface area contributed by atoms with Crippen LogP contribution in [0.15, 0.2) is 42.5 Å². The molecular formula is C19H18N2O4S. The van der Waals surface area contributed by atoms with Gasteiger partial charge in [-0.25, -0.2) is 4.98 Å². The zero-order valence-electron chi connectivity index (χ0n) is 14.6. The molecule has 1 heterocycles. The Kier molecular flexibility index (Phi) is 5.38. The van der Waals surface area contributed by atoms with E-state index in [-0.39, 0.29) is 5.91 Å². The second-order valence-electron chi connectivity index (χ2n) is 5.29. The Morgan fingerprint density at radius 2 is 1.81 bits per heavy atom. The summed E-state index contributed by atoms with van der Waals surface area (Å²) in [6.07, 6.45) is 3.13. The van der Waals surface area contributed by atoms with Gasteiger partial charge in [0.05, 0.1) is 26.0 Å². The van der Waals surface area contributed by atoms with E-state index in [0.29, 0.717) is 22.4 Å². The second kappa shape index (κ2) is 7.88. The van der Waals surface area contributed by atoms with Crippen LogP contribution in [-0.2, 0) is 4.79 Å². The van der Waals surface area contributed by atoms with Crippen molar-refractivity contribution in [2.24, 2.45) is 0 Å². The summed E-state index contributed by atoms with van der Waals surface area (Å²) in [6, 6.07) is 11.1. The molecule has 0 unspecified atom stereocenters. The molecule has 0 atom stereocenters. The van der Waals surface area contributed by atoms with E-state index in [9.17, 15) is 4.79 Å². The van der Waals surface area contributed by atoms with Gasteiger partial charge in [-0.15, -0.1) is 0 Å². The molecule has 6 nitrogen and oxygen atoms in total. The molecule has 1 amide bonds. The van der Waals surface area contributed by atoms with Gasteiger partial charge in [0.15, 0.2) is 5.13 Å². The first-order valence-corrected chi connectivity index (χ1v) is 8.60. The van der Waals surface area contributed by atoms with Crippen molar-refractivity contribution in [1.29, 1.82) is 0 Å². The highest BCUT2D eigenvalue weighted by atomic mass is 32.1. The Morgan fingerprint density at radius 1 is 1.08 bits per heavy atom. The van der Waals surface area contributed by atoms with E-state index >= 15 is 0 Å². The number of anilines is 1. The maximum Gasteiger partial charge on any atom is 0.250 e. The van der Waals surface area contributed by atoms with Gasteiger partial charge in [0.1, 0.15) is 22.8 Å². The van der Waals surface area contributed by atoms with Crippen molar-refractivity contribution < 1.29 is 19.0 Å². The number of nitrogens with one attached hydrogen (secondary N) is 1. The number of aromatic nitrogens is 1. The number of fused-ring (bicyclic) bond motifs is 1. The number of amides is 1. The molecule has 134 valence electrons. The molecule has 2 aromatic carbocycles. The first kappa shape index (κ1) is 17.8. The molecule has 3 aromatic rings. The molecule has 0 saturated heterocycles. The number of rotatable bonds is 6. The van der Waals surface area contributed by atoms with E-state index < -0.39 is 0 Å². The van der Waals surface area contributed by atoms with E-state index in [1.807, 2.05) is 30.3 Å². The molecule has 1 N–H and O–H groups in total. The molecular weight excluding hydrogens is 352 g/mol. The minimum absolute atomic E-state index is 0.273. The summed E-state index contributed by atoms with van der Waals surface area (Å²) >= 11 is 1.39. The van der Waals surface area contributed by atoms with E-state index in [0.717, 1.165) is 15.8 Å². The molecule has 3 rings (SSSR count). The number of hydrogen-bond acceptors (Lipinski definition) is 6. The average Bonchev–Trinajstić information content (AvgIpc) is 3.08. The first-order valence-electron chi connectivity index (χ1n) is 7.78. The van der Waals surface area contributed by atoms with E-state index in [2.05, 4.69) is 10.3 Å². The van der Waals surface area contributed by atoms with Gasteiger partial charge in [-0.05, 0) is 35.9 Å². The smallest absolute Gasteiger partial charge is 0.250 e. The van der Waals surface area contributed by atoms with Crippen LogP contribution >= 0.6 is 11.3 Å². The molecule has 0 bridgehead atoms. The number of nitrogens with zero attached hydrogens (tertiary/aromatic N) is 1. The van der Waals surface area contributed by atoms with Gasteiger partial charge in [0.2, 0.25) is 5.91 Å². The fraction of sp³-hybridized carbons (Fsp3) is 0.158. The summed E-state index contributed by atoms with van der Waals surface area (Å²) in [6.45, 7) is 0. The highest BCUT2D eigenvalue weighted by Crippen LogP contribution is 2.32. The van der Waals surface area contributed by atoms with E-state index in [1.54, 1.807) is 33.5 Å². The minimum Gasteiger partial charge on any atom is -0.497 e. The highest BCUT2D eigenvalue weighted by Gasteiger charge is 2.09. The van der Waals surface area contributed by atoms with Gasteiger partial charge in [0.25, 0.3) is 0 Å². The van der Waals surface area contributed by atoms with Crippen LogP contribution in [0.2, 0.25) is 0 Å². The third-order valence-corrected chi connectivity index (χ3v) is 4.57. The van der Waals surface area contributed by atoms with Crippen LogP contribution < -0.4 is 19.5 Å². The number of benzene rings is 2. The fourth-order valence-corrected chi connectivity index (χ4v) is 3.27. The third kappa shape index (κ3) is 3.94. The molecule has 1 aromatic heterocycles. The zero-order valence-corrected chi connectivity index (χ0v) is 15.4. The van der Waals surface area contributed by atoms with Crippen molar-refractivity contribution in [1.82, 2.24) is 4.98 Å². The Bertz CT molecular complexity index is 943. The Hall–Kier alpha value is -3.06. The van der Waals surface area contributed by atoms with Crippen LogP contribution in [0.4, 0.5) is 5.13 Å². The summed E-state index contributed by atoms with van der Waals surface area (Å²) in [5.41, 5.74) is 1.53. The van der Waals surface area contributed by atoms with Crippen molar-refractivity contribution in [2.45, 2.75) is 0 Å². The van der Waals surface area contributed by atoms with Crippen LogP contribution in [-0.4, -0.2) is 32.2 Å². The first-order chi connectivity index (χ1) is 12.6. The molecule has 7 heteroatoms. The lowest BCUT2D eigenvalue weighted by molar-refractivity contribution is -0.111. The highest BCUT2D eigenvalue weighted by molar-refractivity contribution is 7.22. The summed E-state index contributed by atoms with van der Waals surface area (Å²) < 4.78 is 16.7. The van der Waals surface area contributed by atoms with Gasteiger partial charge in [-0.2, -0.15) is 0 Å². The lowest BCUT2D eigenvalue weighted by Gasteiger charge is -2.05. The molecule has 0 radical (unpaired) electrons. The van der Waals surface area contributed by atoms with Crippen LogP contribution in [0.1, 0.15) is 5.56 Å². The van der Waals surface area contributed by atoms with Gasteiger partial charge < -0.3 is 14.2 Å². The number of thiazole rings is 1. The minimum atomic E-state index is -0.273. The molecule has 0 aliphatic carbocycles. The summed E-state index contributed by atoms with van der Waals surface area (Å²) in [4.78, 5) is 16.6. The van der Waals surface area contributed by atoms with Gasteiger partial charge in [-0.3, -0.25) is 10.1 Å². The zero-order chi connectivity index (χ0) is 18.5. The Morgan fingerprint density at radius 3 is 2.46 bits per heavy atom. The van der Waals surface area contributed by atoms with Crippen molar-refractivity contribution in [2.75, 3.05) is 26.6 Å². The quantitative estimate of drug-likeness (QED) is 0.665. The predicted octanol–water partition coefficient (Wildman–Crippen LogP) is 3.97. The fourth-order valence-electron chi connectivity index (χ4n) is 2.39. The number of hydrogen-bond donors (Lipinski definition) is 1. The van der Waals surface area contributed by atoms with Crippen molar-refractivity contribution in [3.05, 3.63) is 48.0 Å². The molecule has 26 heavy (non-hydrogen) atoms. The normalized spacial score (nSPS) is 10.9. The lowest BCUT2D eigenvalue weighted by atomic mass is 10.2. The molecule has 0 aliphatic heterocycles. The topological polar surface area (TPSA) is 69.7 Å². The third-order valence-electron chi connectivity index (χ3n) is 3.63. The van der Waals surface area contributed by atoms with E-state index in [1.165, 1.54) is 17.4 Å². The van der Waals surface area contributed by atoms with Crippen molar-refractivity contribution >= 4 is 38.7 Å². The molecule has 0 fully saturated rings. The number of ether oxygens (including phenoxy) is 3. The lowest BCUT2D eigenvalue weighted by Crippen LogP contribution is -2.07. The molecule has 0 saturated carbocycles. The second-order valence-corrected chi connectivity index (χ2v) is 6.33. The number of carbonyl (C=O) groups excluding carboxylic acids is 1. The summed E-state index contributed by atoms with van der Waals surface area (Å²) in [5.74, 6) is 1.72. The monoisotopic (exact) mass is 370 g/mol. The van der Waals surface area contributed by atoms with E-state index in [4.69, 9.17) is 14.2 Å². The number of methoxy groups -OCH3 is 3. The van der Waals surface area contributed by atoms with Crippen LogP contribution in [0, 0.1) is 0 Å². The largest absolute Gasteiger partial charge is 0.497 e. The van der Waals surface area contributed by atoms with Crippen LogP contribution in [0.3, 0.4) is 0 Å². The van der Waals surface area contributed by atoms with Gasteiger partial charge in [-0.1, -0.05) is 17.4 Å². The van der Waals surface area contributed by atoms with Crippen LogP contribution in [0.5, 0.6) is 17.2 Å². The average molecular weight is 370 g/mol. The Labute approximate surface area is 155 Å². The summed E-state index contributed by atoms with van der Waals surface area (Å²) in [5, 5.41) is 3.29. The standard InChI is InChI=1S/C19H18N2O4S/c1-23-13-9-12(10-14(11-13)24-2)7-8-17(22)20-19-21-18-15(25-3)5-4-6-16(18)26-19/h4-11H,1-3H3,(H,20,21,22)/b8-7+. The number of carbonyl (C=O) groups is 1. The number of para-hydroxylation sites is 1. The van der Waals surface area contributed by atoms with Crippen molar-refractivity contribution in [3.63, 3.8) is 0 Å².